The molecule has 3 aromatic rings. The maximum Gasteiger partial charge on any atom is 0.320 e. The Hall–Kier alpha value is -3.97. The number of carbonyl (C=O) groups excluding carboxylic acids is 3. The first-order valence-electron chi connectivity index (χ1n) is 14.6. The van der Waals surface area contributed by atoms with Crippen molar-refractivity contribution in [1.29, 1.82) is 0 Å². The highest BCUT2D eigenvalue weighted by atomic mass is 16.5. The summed E-state index contributed by atoms with van der Waals surface area (Å²) in [6, 6.07) is 23.7. The van der Waals surface area contributed by atoms with Crippen molar-refractivity contribution in [3.05, 3.63) is 95.7 Å². The quantitative estimate of drug-likeness (QED) is 0.366. The molecule has 0 aromatic heterocycles. The van der Waals surface area contributed by atoms with Crippen molar-refractivity contribution in [2.45, 2.75) is 65.8 Å². The molecule has 0 unspecified atom stereocenters. The van der Waals surface area contributed by atoms with E-state index in [1.807, 2.05) is 85.8 Å². The third-order valence-corrected chi connectivity index (χ3v) is 8.66. The van der Waals surface area contributed by atoms with Crippen molar-refractivity contribution >= 4 is 28.6 Å². The summed E-state index contributed by atoms with van der Waals surface area (Å²) in [5.41, 5.74) is 1.02. The zero-order valence-corrected chi connectivity index (χ0v) is 25.1. The van der Waals surface area contributed by atoms with E-state index in [1.54, 1.807) is 4.90 Å². The van der Waals surface area contributed by atoms with E-state index in [9.17, 15) is 14.4 Å². The lowest BCUT2D eigenvalue weighted by Crippen LogP contribution is -2.61. The molecule has 220 valence electrons. The summed E-state index contributed by atoms with van der Waals surface area (Å²) >= 11 is 0. The van der Waals surface area contributed by atoms with Crippen LogP contribution in [0, 0.1) is 16.7 Å². The second-order valence-corrected chi connectivity index (χ2v) is 12.5. The van der Waals surface area contributed by atoms with Crippen LogP contribution in [-0.2, 0) is 36.9 Å². The van der Waals surface area contributed by atoms with Crippen molar-refractivity contribution in [2.24, 2.45) is 16.7 Å². The monoisotopic (exact) mass is 568 g/mol. The zero-order chi connectivity index (χ0) is 30.1. The van der Waals surface area contributed by atoms with Gasteiger partial charge in [0, 0.05) is 24.6 Å². The minimum Gasteiger partial charge on any atom is -0.468 e. The van der Waals surface area contributed by atoms with Gasteiger partial charge in [-0.15, -0.1) is 0 Å². The molecule has 4 atom stereocenters. The molecular formula is C35H40N2O5. The van der Waals surface area contributed by atoms with E-state index in [4.69, 9.17) is 9.47 Å². The molecular weight excluding hydrogens is 528 g/mol. The lowest BCUT2D eigenvalue weighted by Gasteiger charge is -2.53. The van der Waals surface area contributed by atoms with Gasteiger partial charge >= 0.3 is 5.97 Å². The van der Waals surface area contributed by atoms with E-state index < -0.39 is 23.4 Å². The standard InChI is InChI=1S/C35H40N2O5/c1-23-35(33(40)41-5)20-27(18-31(38)36-21-24-12-7-6-8-13-24)32(39)37(29(35)19-30(42-23)34(2,3)4)22-26-16-11-15-25-14-9-10-17-28(25)26/h6-17,19,23,27,30H,18,20-22H2,1-5H3,(H,36,38)/t23-,27+,30-,35+/m1/s1. The van der Waals surface area contributed by atoms with E-state index in [1.165, 1.54) is 7.11 Å². The number of piperidine rings is 1. The molecule has 1 fully saturated rings. The third kappa shape index (κ3) is 5.58. The van der Waals surface area contributed by atoms with E-state index in [-0.39, 0.29) is 42.7 Å². The van der Waals surface area contributed by atoms with Crippen LogP contribution >= 0.6 is 0 Å². The van der Waals surface area contributed by atoms with Crippen LogP contribution in [0.3, 0.4) is 0 Å². The first-order valence-corrected chi connectivity index (χ1v) is 14.6. The van der Waals surface area contributed by atoms with E-state index >= 15 is 0 Å². The molecule has 1 N–H and O–H groups in total. The predicted molar refractivity (Wildman–Crippen MR) is 162 cm³/mol. The molecule has 2 aliphatic rings. The average molecular weight is 569 g/mol. The first-order chi connectivity index (χ1) is 20.0. The highest BCUT2D eigenvalue weighted by Gasteiger charge is 2.60. The highest BCUT2D eigenvalue weighted by Crippen LogP contribution is 2.52. The summed E-state index contributed by atoms with van der Waals surface area (Å²) in [4.78, 5) is 43.0. The molecule has 1 saturated heterocycles. The Balaban J connectivity index is 1.56. The van der Waals surface area contributed by atoms with Crippen molar-refractivity contribution in [2.75, 3.05) is 7.11 Å². The molecule has 3 aromatic carbocycles. The molecule has 2 aliphatic heterocycles. The fraction of sp³-hybridized carbons (Fsp3) is 0.400. The van der Waals surface area contributed by atoms with Crippen LogP contribution in [0.25, 0.3) is 10.8 Å². The maximum absolute atomic E-state index is 14.4. The Bertz CT molecular complexity index is 1500. The summed E-state index contributed by atoms with van der Waals surface area (Å²) in [5.74, 6) is -1.61. The second kappa shape index (κ2) is 11.7. The minimum atomic E-state index is -1.24. The number of nitrogens with one attached hydrogen (secondary N) is 1. The Labute approximate surface area is 247 Å². The first kappa shape index (κ1) is 29.5. The van der Waals surface area contributed by atoms with Gasteiger partial charge in [0.1, 0.15) is 5.41 Å². The average Bonchev–Trinajstić information content (AvgIpc) is 2.98. The van der Waals surface area contributed by atoms with E-state index in [0.29, 0.717) is 12.2 Å². The zero-order valence-electron chi connectivity index (χ0n) is 25.1. The summed E-state index contributed by atoms with van der Waals surface area (Å²) in [6.45, 7) is 8.72. The van der Waals surface area contributed by atoms with Crippen LogP contribution in [0.15, 0.2) is 84.6 Å². The highest BCUT2D eigenvalue weighted by molar-refractivity contribution is 5.93. The number of fused-ring (bicyclic) bond motifs is 2. The Morgan fingerprint density at radius 1 is 1.02 bits per heavy atom. The van der Waals surface area contributed by atoms with Gasteiger partial charge in [-0.25, -0.2) is 0 Å². The summed E-state index contributed by atoms with van der Waals surface area (Å²) in [5, 5.41) is 5.05. The van der Waals surface area contributed by atoms with Gasteiger partial charge in [-0.1, -0.05) is 93.6 Å². The number of rotatable bonds is 7. The molecule has 7 nitrogen and oxygen atoms in total. The van der Waals surface area contributed by atoms with E-state index in [2.05, 4.69) is 26.1 Å². The largest absolute Gasteiger partial charge is 0.468 e. The number of ether oxygens (including phenoxy) is 2. The number of carbonyl (C=O) groups is 3. The fourth-order valence-electron chi connectivity index (χ4n) is 6.30. The molecule has 5 rings (SSSR count). The van der Waals surface area contributed by atoms with Gasteiger partial charge in [0.2, 0.25) is 11.8 Å². The van der Waals surface area contributed by atoms with E-state index in [0.717, 1.165) is 21.9 Å². The van der Waals surface area contributed by atoms with Gasteiger partial charge in [-0.2, -0.15) is 0 Å². The molecule has 42 heavy (non-hydrogen) atoms. The van der Waals surface area contributed by atoms with Crippen molar-refractivity contribution in [3.8, 4) is 0 Å². The second-order valence-electron chi connectivity index (χ2n) is 12.5. The number of methoxy groups -OCH3 is 1. The molecule has 2 amide bonds. The molecule has 0 saturated carbocycles. The van der Waals surface area contributed by atoms with Gasteiger partial charge in [0.15, 0.2) is 0 Å². The number of esters is 1. The minimum absolute atomic E-state index is 0.0425. The molecule has 0 aliphatic carbocycles. The van der Waals surface area contributed by atoms with Gasteiger partial charge in [-0.3, -0.25) is 14.4 Å². The van der Waals surface area contributed by atoms with Crippen molar-refractivity contribution in [3.63, 3.8) is 0 Å². The molecule has 7 heteroatoms. The van der Waals surface area contributed by atoms with Gasteiger partial charge in [0.25, 0.3) is 0 Å². The Morgan fingerprint density at radius 2 is 1.71 bits per heavy atom. The van der Waals surface area contributed by atoms with Crippen LogP contribution in [-0.4, -0.2) is 42.0 Å². The van der Waals surface area contributed by atoms with Crippen LogP contribution in [0.2, 0.25) is 0 Å². The van der Waals surface area contributed by atoms with Crippen molar-refractivity contribution < 1.29 is 23.9 Å². The lowest BCUT2D eigenvalue weighted by atomic mass is 9.65. The topological polar surface area (TPSA) is 84.9 Å². The normalized spacial score (nSPS) is 24.1. The van der Waals surface area contributed by atoms with Gasteiger partial charge in [-0.05, 0) is 46.7 Å². The molecule has 0 spiro atoms. The Kier molecular flexibility index (Phi) is 8.24. The van der Waals surface area contributed by atoms with Crippen LogP contribution in [0.1, 0.15) is 51.7 Å². The number of nitrogens with zero attached hydrogens (tertiary/aromatic N) is 1. The fourth-order valence-corrected chi connectivity index (χ4v) is 6.30. The van der Waals surface area contributed by atoms with Crippen LogP contribution in [0.4, 0.5) is 0 Å². The number of likely N-dealkylation sites (tertiary alicyclic amines) is 1. The molecule has 0 bridgehead atoms. The SMILES string of the molecule is COC(=O)[C@]12C[C@H](CC(=O)NCc3ccccc3)C(=O)N(Cc3cccc4ccccc34)C1=C[C@H](C(C)(C)C)O[C@@H]2C. The van der Waals surface area contributed by atoms with Gasteiger partial charge < -0.3 is 19.7 Å². The summed E-state index contributed by atoms with van der Waals surface area (Å²) in [6.07, 6.45) is 1.12. The van der Waals surface area contributed by atoms with Crippen molar-refractivity contribution in [1.82, 2.24) is 10.2 Å². The predicted octanol–water partition coefficient (Wildman–Crippen LogP) is 5.77. The number of amides is 2. The number of benzene rings is 3. The summed E-state index contributed by atoms with van der Waals surface area (Å²) in [7, 11) is 1.37. The van der Waals surface area contributed by atoms with Crippen LogP contribution < -0.4 is 5.32 Å². The summed E-state index contributed by atoms with van der Waals surface area (Å²) < 4.78 is 11.9. The number of hydrogen-bond acceptors (Lipinski definition) is 5. The van der Waals surface area contributed by atoms with Crippen LogP contribution in [0.5, 0.6) is 0 Å². The Morgan fingerprint density at radius 3 is 2.43 bits per heavy atom. The molecule has 2 heterocycles. The van der Waals surface area contributed by atoms with Gasteiger partial charge in [0.05, 0.1) is 25.9 Å². The third-order valence-electron chi connectivity index (χ3n) is 8.66. The maximum atomic E-state index is 14.4. The number of hydrogen-bond donors (Lipinski definition) is 1. The lowest BCUT2D eigenvalue weighted by molar-refractivity contribution is -0.180. The smallest absolute Gasteiger partial charge is 0.320 e. The molecule has 0 radical (unpaired) electrons.